The van der Waals surface area contributed by atoms with Crippen LogP contribution in [0.15, 0.2) is 22.8 Å². The molecule has 1 rings (SSSR count). The Kier molecular flexibility index (Phi) is 5.02. The van der Waals surface area contributed by atoms with E-state index < -0.39 is 0 Å². The van der Waals surface area contributed by atoms with E-state index in [-0.39, 0.29) is 22.9 Å². The number of carbonyl (C=O) groups excluding carboxylic acids is 1. The second-order valence-electron chi connectivity index (χ2n) is 3.96. The van der Waals surface area contributed by atoms with Crippen LogP contribution in [-0.2, 0) is 0 Å². The molecule has 0 saturated carbocycles. The molecule has 1 atom stereocenters. The minimum Gasteiger partial charge on any atom is -0.392 e. The third-order valence-corrected chi connectivity index (χ3v) is 2.94. The molecule has 3 N–H and O–H groups in total. The molecule has 17 heavy (non-hydrogen) atoms. The molecule has 1 unspecified atom stereocenters. The molecule has 0 aromatic carbocycles. The summed E-state index contributed by atoms with van der Waals surface area (Å²) in [5.74, 6) is -0.129. The van der Waals surface area contributed by atoms with Crippen molar-refractivity contribution in [2.75, 3.05) is 0 Å². The lowest BCUT2D eigenvalue weighted by molar-refractivity contribution is 0.0935. The summed E-state index contributed by atoms with van der Waals surface area (Å²) in [7, 11) is 0. The van der Waals surface area contributed by atoms with Crippen LogP contribution < -0.4 is 11.1 Å². The van der Waals surface area contributed by atoms with E-state index in [1.54, 1.807) is 18.3 Å². The maximum Gasteiger partial charge on any atom is 0.270 e. The summed E-state index contributed by atoms with van der Waals surface area (Å²) in [6, 6.07) is 3.08. The van der Waals surface area contributed by atoms with E-state index in [0.29, 0.717) is 5.69 Å². The van der Waals surface area contributed by atoms with Crippen molar-refractivity contribution in [2.45, 2.75) is 19.9 Å². The minimum atomic E-state index is -0.317. The topological polar surface area (TPSA) is 68.0 Å². The van der Waals surface area contributed by atoms with Crippen LogP contribution in [0.2, 0.25) is 0 Å². The van der Waals surface area contributed by atoms with Gasteiger partial charge in [0.1, 0.15) is 5.69 Å². The van der Waals surface area contributed by atoms with Crippen molar-refractivity contribution in [1.82, 2.24) is 10.3 Å². The molecule has 0 aliphatic rings. The van der Waals surface area contributed by atoms with Crippen LogP contribution in [0.1, 0.15) is 24.3 Å². The van der Waals surface area contributed by atoms with Crippen molar-refractivity contribution < 1.29 is 4.79 Å². The van der Waals surface area contributed by atoms with E-state index in [9.17, 15) is 4.79 Å². The van der Waals surface area contributed by atoms with Crippen LogP contribution >= 0.6 is 28.1 Å². The zero-order valence-corrected chi connectivity index (χ0v) is 12.0. The van der Waals surface area contributed by atoms with E-state index in [2.05, 4.69) is 26.2 Å². The van der Waals surface area contributed by atoms with Gasteiger partial charge in [0.25, 0.3) is 5.91 Å². The van der Waals surface area contributed by atoms with Crippen LogP contribution in [0.4, 0.5) is 0 Å². The fraction of sp³-hybridized carbons (Fsp3) is 0.364. The number of thiocarbonyl (C=S) groups is 1. The number of halogens is 1. The molecule has 0 saturated heterocycles. The smallest absolute Gasteiger partial charge is 0.270 e. The first-order valence-electron chi connectivity index (χ1n) is 5.13. The fourth-order valence-corrected chi connectivity index (χ4v) is 1.86. The molecule has 0 bridgehead atoms. The van der Waals surface area contributed by atoms with Gasteiger partial charge in [0.05, 0.1) is 11.0 Å². The molecule has 0 aliphatic heterocycles. The zero-order chi connectivity index (χ0) is 13.0. The average Bonchev–Trinajstić information content (AvgIpc) is 2.25. The Hall–Kier alpha value is -1.01. The molecule has 92 valence electrons. The number of nitrogens with zero attached hydrogens (tertiary/aromatic N) is 1. The predicted octanol–water partition coefficient (Wildman–Crippen LogP) is 1.88. The van der Waals surface area contributed by atoms with Gasteiger partial charge in [-0.25, -0.2) is 4.98 Å². The molecule has 1 aromatic rings. The van der Waals surface area contributed by atoms with Gasteiger partial charge in [-0.3, -0.25) is 4.79 Å². The van der Waals surface area contributed by atoms with Gasteiger partial charge in [0.15, 0.2) is 0 Å². The number of nitrogens with one attached hydrogen (secondary N) is 1. The van der Waals surface area contributed by atoms with Gasteiger partial charge in [-0.15, -0.1) is 0 Å². The van der Waals surface area contributed by atoms with Gasteiger partial charge in [0, 0.05) is 10.7 Å². The molecule has 1 amide bonds. The maximum atomic E-state index is 11.9. The van der Waals surface area contributed by atoms with Crippen molar-refractivity contribution >= 4 is 39.0 Å². The number of carbonyl (C=O) groups is 1. The average molecular weight is 316 g/mol. The monoisotopic (exact) mass is 315 g/mol. The van der Waals surface area contributed by atoms with Crippen LogP contribution in [0.3, 0.4) is 0 Å². The van der Waals surface area contributed by atoms with Gasteiger partial charge >= 0.3 is 0 Å². The number of hydrogen-bond donors (Lipinski definition) is 2. The predicted molar refractivity (Wildman–Crippen MR) is 74.8 cm³/mol. The lowest BCUT2D eigenvalue weighted by Gasteiger charge is -2.20. The number of hydrogen-bond acceptors (Lipinski definition) is 3. The summed E-state index contributed by atoms with van der Waals surface area (Å²) >= 11 is 8.17. The summed E-state index contributed by atoms with van der Waals surface area (Å²) in [6.07, 6.45) is 1.57. The summed E-state index contributed by atoms with van der Waals surface area (Å²) in [5.41, 5.74) is 5.92. The van der Waals surface area contributed by atoms with Gasteiger partial charge in [-0.05, 0) is 34.0 Å². The number of rotatable bonds is 4. The fourth-order valence-electron chi connectivity index (χ4n) is 1.29. The van der Waals surface area contributed by atoms with Crippen LogP contribution in [0.5, 0.6) is 0 Å². The molecule has 0 aliphatic carbocycles. The lowest BCUT2D eigenvalue weighted by Crippen LogP contribution is -2.47. The van der Waals surface area contributed by atoms with Gasteiger partial charge in [0.2, 0.25) is 0 Å². The molecule has 6 heteroatoms. The van der Waals surface area contributed by atoms with Crippen molar-refractivity contribution in [3.8, 4) is 0 Å². The maximum absolute atomic E-state index is 11.9. The Bertz CT molecular complexity index is 419. The van der Waals surface area contributed by atoms with E-state index >= 15 is 0 Å². The van der Waals surface area contributed by atoms with E-state index in [1.807, 2.05) is 13.8 Å². The summed E-state index contributed by atoms with van der Waals surface area (Å²) in [5, 5.41) is 2.77. The van der Waals surface area contributed by atoms with Gasteiger partial charge in [-0.1, -0.05) is 26.1 Å². The third-order valence-electron chi connectivity index (χ3n) is 2.22. The third kappa shape index (κ3) is 4.05. The van der Waals surface area contributed by atoms with Crippen molar-refractivity contribution in [3.05, 3.63) is 28.5 Å². The molecule has 0 radical (unpaired) electrons. The Morgan fingerprint density at radius 1 is 1.53 bits per heavy atom. The number of amides is 1. The van der Waals surface area contributed by atoms with E-state index in [1.165, 1.54) is 0 Å². The highest BCUT2D eigenvalue weighted by Crippen LogP contribution is 2.08. The molecular weight excluding hydrogens is 302 g/mol. The minimum absolute atomic E-state index is 0.145. The van der Waals surface area contributed by atoms with Crippen LogP contribution in [-0.4, -0.2) is 21.9 Å². The largest absolute Gasteiger partial charge is 0.392 e. The molecular formula is C11H14BrN3OS. The van der Waals surface area contributed by atoms with E-state index in [0.717, 1.165) is 4.47 Å². The Labute approximate surface area is 114 Å². The molecule has 4 nitrogen and oxygen atoms in total. The lowest BCUT2D eigenvalue weighted by atomic mass is 10.0. The number of pyridine rings is 1. The highest BCUT2D eigenvalue weighted by molar-refractivity contribution is 9.10. The van der Waals surface area contributed by atoms with Crippen LogP contribution in [0, 0.1) is 5.92 Å². The first-order chi connectivity index (χ1) is 7.91. The summed E-state index contributed by atoms with van der Waals surface area (Å²) < 4.78 is 0.823. The molecule has 1 heterocycles. The van der Waals surface area contributed by atoms with Crippen LogP contribution in [0.25, 0.3) is 0 Å². The SMILES string of the molecule is CC(C)C(NC(=O)c1ccc(Br)cn1)C(N)=S. The van der Waals surface area contributed by atoms with Crippen molar-refractivity contribution in [2.24, 2.45) is 11.7 Å². The quantitative estimate of drug-likeness (QED) is 0.833. The number of aromatic nitrogens is 1. The Morgan fingerprint density at radius 3 is 2.59 bits per heavy atom. The molecule has 0 fully saturated rings. The van der Waals surface area contributed by atoms with Gasteiger partial charge in [-0.2, -0.15) is 0 Å². The first-order valence-corrected chi connectivity index (χ1v) is 6.33. The second-order valence-corrected chi connectivity index (χ2v) is 5.35. The molecule has 1 aromatic heterocycles. The zero-order valence-electron chi connectivity index (χ0n) is 9.61. The van der Waals surface area contributed by atoms with E-state index in [4.69, 9.17) is 18.0 Å². The molecule has 0 spiro atoms. The number of nitrogens with two attached hydrogens (primary N) is 1. The normalized spacial score (nSPS) is 12.2. The summed E-state index contributed by atoms with van der Waals surface area (Å²) in [4.78, 5) is 16.2. The van der Waals surface area contributed by atoms with Crippen molar-refractivity contribution in [1.29, 1.82) is 0 Å². The standard InChI is InChI=1S/C11H14BrN3OS/c1-6(2)9(10(13)17)15-11(16)8-4-3-7(12)5-14-8/h3-6,9H,1-2H3,(H2,13,17)(H,15,16). The first kappa shape index (κ1) is 14.1. The second kappa shape index (κ2) is 6.07. The van der Waals surface area contributed by atoms with Gasteiger partial charge < -0.3 is 11.1 Å². The Balaban J connectivity index is 2.77. The highest BCUT2D eigenvalue weighted by Gasteiger charge is 2.20. The summed E-state index contributed by atoms with van der Waals surface area (Å²) in [6.45, 7) is 3.89. The highest BCUT2D eigenvalue weighted by atomic mass is 79.9. The Morgan fingerprint density at radius 2 is 2.18 bits per heavy atom. The van der Waals surface area contributed by atoms with Crippen molar-refractivity contribution in [3.63, 3.8) is 0 Å².